The third-order valence-electron chi connectivity index (χ3n) is 2.23. The third-order valence-corrected chi connectivity index (χ3v) is 3.37. The molecule has 4 nitrogen and oxygen atoms in total. The van der Waals surface area contributed by atoms with Gasteiger partial charge in [-0.2, -0.15) is 0 Å². The first kappa shape index (κ1) is 9.48. The number of carboxylic acids is 1. The fourth-order valence-electron chi connectivity index (χ4n) is 1.50. The zero-order valence-electron chi connectivity index (χ0n) is 7.69. The molecule has 0 bridgehead atoms. The van der Waals surface area contributed by atoms with Crippen molar-refractivity contribution in [1.29, 1.82) is 0 Å². The van der Waals surface area contributed by atoms with E-state index in [9.17, 15) is 4.79 Å². The van der Waals surface area contributed by atoms with Crippen molar-refractivity contribution in [3.05, 3.63) is 17.0 Å². The van der Waals surface area contributed by atoms with Gasteiger partial charge in [-0.15, -0.1) is 11.3 Å². The summed E-state index contributed by atoms with van der Waals surface area (Å²) in [4.78, 5) is 13.3. The largest absolute Gasteiger partial charge is 0.477 e. The van der Waals surface area contributed by atoms with Gasteiger partial charge in [0.2, 0.25) is 0 Å². The Bertz CT molecular complexity index is 331. The van der Waals surface area contributed by atoms with Crippen LogP contribution in [0.5, 0.6) is 0 Å². The van der Waals surface area contributed by atoms with E-state index in [1.165, 1.54) is 11.3 Å². The van der Waals surface area contributed by atoms with Crippen LogP contribution in [0.4, 0.5) is 5.00 Å². The highest BCUT2D eigenvalue weighted by Crippen LogP contribution is 2.26. The molecule has 0 amide bonds. The molecule has 14 heavy (non-hydrogen) atoms. The van der Waals surface area contributed by atoms with Crippen molar-refractivity contribution in [2.24, 2.45) is 0 Å². The molecule has 1 aromatic heterocycles. The average molecular weight is 212 g/mol. The van der Waals surface area contributed by atoms with E-state index < -0.39 is 5.97 Å². The quantitative estimate of drug-likeness (QED) is 0.763. The van der Waals surface area contributed by atoms with Crippen molar-refractivity contribution in [2.45, 2.75) is 0 Å². The SMILES string of the molecule is O=C(O)c1ccc(N2CCNCC2)s1. The summed E-state index contributed by atoms with van der Waals surface area (Å²) < 4.78 is 0. The number of thiophene rings is 1. The number of carbonyl (C=O) groups is 1. The lowest BCUT2D eigenvalue weighted by molar-refractivity contribution is 0.0702. The first-order valence-electron chi connectivity index (χ1n) is 4.56. The van der Waals surface area contributed by atoms with E-state index in [2.05, 4.69) is 10.2 Å². The maximum Gasteiger partial charge on any atom is 0.345 e. The van der Waals surface area contributed by atoms with E-state index >= 15 is 0 Å². The van der Waals surface area contributed by atoms with Gasteiger partial charge in [-0.05, 0) is 12.1 Å². The molecule has 0 unspecified atom stereocenters. The lowest BCUT2D eigenvalue weighted by Gasteiger charge is -2.27. The van der Waals surface area contributed by atoms with Gasteiger partial charge in [-0.1, -0.05) is 0 Å². The predicted octanol–water partition coefficient (Wildman–Crippen LogP) is 0.856. The van der Waals surface area contributed by atoms with Gasteiger partial charge in [-0.3, -0.25) is 0 Å². The zero-order valence-corrected chi connectivity index (χ0v) is 8.51. The van der Waals surface area contributed by atoms with Crippen LogP contribution in [-0.2, 0) is 0 Å². The Hall–Kier alpha value is -1.07. The smallest absolute Gasteiger partial charge is 0.345 e. The van der Waals surface area contributed by atoms with E-state index in [1.54, 1.807) is 6.07 Å². The third kappa shape index (κ3) is 1.88. The first-order valence-corrected chi connectivity index (χ1v) is 5.38. The van der Waals surface area contributed by atoms with Gasteiger partial charge in [-0.25, -0.2) is 4.79 Å². The standard InChI is InChI=1S/C9H12N2O2S/c12-9(13)7-1-2-8(14-7)11-5-3-10-4-6-11/h1-2,10H,3-6H2,(H,12,13). The second kappa shape index (κ2) is 3.98. The van der Waals surface area contributed by atoms with Crippen LogP contribution in [0.25, 0.3) is 0 Å². The molecule has 1 fully saturated rings. The Morgan fingerprint density at radius 2 is 2.14 bits per heavy atom. The molecule has 2 N–H and O–H groups in total. The van der Waals surface area contributed by atoms with Crippen molar-refractivity contribution >= 4 is 22.3 Å². The predicted molar refractivity (Wildman–Crippen MR) is 56.4 cm³/mol. The van der Waals surface area contributed by atoms with E-state index in [4.69, 9.17) is 5.11 Å². The van der Waals surface area contributed by atoms with Crippen molar-refractivity contribution in [2.75, 3.05) is 31.1 Å². The average Bonchev–Trinajstić information content (AvgIpc) is 2.68. The van der Waals surface area contributed by atoms with Crippen LogP contribution in [0.3, 0.4) is 0 Å². The molecule has 76 valence electrons. The normalized spacial score (nSPS) is 17.0. The minimum absolute atomic E-state index is 0.415. The summed E-state index contributed by atoms with van der Waals surface area (Å²) in [7, 11) is 0. The Labute approximate surface area is 86.2 Å². The highest BCUT2D eigenvalue weighted by atomic mass is 32.1. The summed E-state index contributed by atoms with van der Waals surface area (Å²) >= 11 is 1.35. The number of nitrogens with one attached hydrogen (secondary N) is 1. The Balaban J connectivity index is 2.11. The van der Waals surface area contributed by atoms with Crippen molar-refractivity contribution in [3.8, 4) is 0 Å². The van der Waals surface area contributed by atoms with Crippen molar-refractivity contribution < 1.29 is 9.90 Å². The number of anilines is 1. The minimum Gasteiger partial charge on any atom is -0.477 e. The number of nitrogens with zero attached hydrogens (tertiary/aromatic N) is 1. The van der Waals surface area contributed by atoms with Gasteiger partial charge in [0.1, 0.15) is 4.88 Å². The fraction of sp³-hybridized carbons (Fsp3) is 0.444. The molecule has 0 atom stereocenters. The van der Waals surface area contributed by atoms with E-state index in [-0.39, 0.29) is 0 Å². The van der Waals surface area contributed by atoms with Gasteiger partial charge < -0.3 is 15.3 Å². The molecule has 1 saturated heterocycles. The molecule has 2 rings (SSSR count). The number of hydrogen-bond donors (Lipinski definition) is 2. The van der Waals surface area contributed by atoms with Crippen LogP contribution >= 0.6 is 11.3 Å². The molecule has 2 heterocycles. The number of hydrogen-bond acceptors (Lipinski definition) is 4. The van der Waals surface area contributed by atoms with Gasteiger partial charge >= 0.3 is 5.97 Å². The van der Waals surface area contributed by atoms with Crippen molar-refractivity contribution in [1.82, 2.24) is 5.32 Å². The summed E-state index contributed by atoms with van der Waals surface area (Å²) in [5.41, 5.74) is 0. The lowest BCUT2D eigenvalue weighted by atomic mass is 10.4. The van der Waals surface area contributed by atoms with E-state index in [0.717, 1.165) is 31.2 Å². The van der Waals surface area contributed by atoms with Gasteiger partial charge in [0.25, 0.3) is 0 Å². The number of rotatable bonds is 2. The molecule has 0 spiro atoms. The lowest BCUT2D eigenvalue weighted by Crippen LogP contribution is -2.43. The molecule has 0 saturated carbocycles. The maximum absolute atomic E-state index is 10.7. The molecule has 0 aliphatic carbocycles. The Morgan fingerprint density at radius 3 is 2.71 bits per heavy atom. The number of piperazine rings is 1. The highest BCUT2D eigenvalue weighted by Gasteiger charge is 2.14. The van der Waals surface area contributed by atoms with Crippen LogP contribution in [0.1, 0.15) is 9.67 Å². The zero-order chi connectivity index (χ0) is 9.97. The minimum atomic E-state index is -0.837. The van der Waals surface area contributed by atoms with Crippen LogP contribution in [-0.4, -0.2) is 37.3 Å². The molecular formula is C9H12N2O2S. The topological polar surface area (TPSA) is 52.6 Å². The second-order valence-electron chi connectivity index (χ2n) is 3.18. The summed E-state index contributed by atoms with van der Waals surface area (Å²) in [6, 6.07) is 3.56. The summed E-state index contributed by atoms with van der Waals surface area (Å²) in [5.74, 6) is -0.837. The van der Waals surface area contributed by atoms with Gasteiger partial charge in [0.15, 0.2) is 0 Å². The highest BCUT2D eigenvalue weighted by molar-refractivity contribution is 7.17. The molecule has 1 aromatic rings. The molecule has 5 heteroatoms. The Morgan fingerprint density at radius 1 is 1.43 bits per heavy atom. The van der Waals surface area contributed by atoms with E-state index in [1.807, 2.05) is 6.07 Å². The number of aromatic carboxylic acids is 1. The molecule has 0 radical (unpaired) electrons. The van der Waals surface area contributed by atoms with Crippen LogP contribution in [0, 0.1) is 0 Å². The molecule has 1 aliphatic heterocycles. The van der Waals surface area contributed by atoms with Gasteiger partial charge in [0.05, 0.1) is 5.00 Å². The first-order chi connectivity index (χ1) is 6.77. The van der Waals surface area contributed by atoms with Crippen LogP contribution in [0.15, 0.2) is 12.1 Å². The molecule has 1 aliphatic rings. The Kier molecular flexibility index (Phi) is 2.69. The fourth-order valence-corrected chi connectivity index (χ4v) is 2.39. The monoisotopic (exact) mass is 212 g/mol. The van der Waals surface area contributed by atoms with Crippen molar-refractivity contribution in [3.63, 3.8) is 0 Å². The van der Waals surface area contributed by atoms with Gasteiger partial charge in [0, 0.05) is 26.2 Å². The van der Waals surface area contributed by atoms with E-state index in [0.29, 0.717) is 4.88 Å². The summed E-state index contributed by atoms with van der Waals surface area (Å²) in [6.07, 6.45) is 0. The molecular weight excluding hydrogens is 200 g/mol. The second-order valence-corrected chi connectivity index (χ2v) is 4.24. The van der Waals surface area contributed by atoms with Crippen LogP contribution in [0.2, 0.25) is 0 Å². The summed E-state index contributed by atoms with van der Waals surface area (Å²) in [6.45, 7) is 3.86. The molecule has 0 aromatic carbocycles. The summed E-state index contributed by atoms with van der Waals surface area (Å²) in [5, 5.41) is 13.1. The number of carboxylic acid groups (broad SMARTS) is 1. The van der Waals surface area contributed by atoms with Crippen LogP contribution < -0.4 is 10.2 Å². The maximum atomic E-state index is 10.7.